The van der Waals surface area contributed by atoms with E-state index in [2.05, 4.69) is 4.72 Å². The molecular weight excluding hydrogens is 230 g/mol. The zero-order valence-electron chi connectivity index (χ0n) is 9.69. The Morgan fingerprint density at radius 2 is 1.75 bits per heavy atom. The predicted molar refractivity (Wildman–Crippen MR) is 60.6 cm³/mol. The van der Waals surface area contributed by atoms with E-state index in [-0.39, 0.29) is 0 Å². The summed E-state index contributed by atoms with van der Waals surface area (Å²) in [6, 6.07) is 0. The lowest BCUT2D eigenvalue weighted by atomic mass is 9.83. The number of sulfonamides is 1. The molecule has 0 aromatic carbocycles. The van der Waals surface area contributed by atoms with Crippen molar-refractivity contribution in [1.82, 2.24) is 4.72 Å². The minimum atomic E-state index is -3.53. The fourth-order valence-corrected chi connectivity index (χ4v) is 2.98. The quantitative estimate of drug-likeness (QED) is 0.781. The van der Waals surface area contributed by atoms with Crippen LogP contribution in [-0.2, 0) is 14.8 Å². The van der Waals surface area contributed by atoms with Crippen molar-refractivity contribution in [2.24, 2.45) is 0 Å². The van der Waals surface area contributed by atoms with Gasteiger partial charge in [-0.2, -0.15) is 4.72 Å². The van der Waals surface area contributed by atoms with Crippen molar-refractivity contribution in [2.75, 3.05) is 0 Å². The molecule has 0 spiro atoms. The van der Waals surface area contributed by atoms with Gasteiger partial charge >= 0.3 is 5.97 Å². The van der Waals surface area contributed by atoms with Crippen molar-refractivity contribution in [2.45, 2.75) is 56.7 Å². The van der Waals surface area contributed by atoms with E-state index in [0.717, 1.165) is 19.3 Å². The van der Waals surface area contributed by atoms with Crippen LogP contribution >= 0.6 is 0 Å². The van der Waals surface area contributed by atoms with Gasteiger partial charge in [0.05, 0.1) is 5.25 Å². The fraction of sp³-hybridized carbons (Fsp3) is 0.900. The average molecular weight is 249 g/mol. The molecule has 0 atom stereocenters. The SMILES string of the molecule is CC(C)S(=O)(=O)NC1(C(=O)O)CCCCC1. The average Bonchev–Trinajstić information content (AvgIpc) is 2.18. The lowest BCUT2D eigenvalue weighted by Gasteiger charge is -2.34. The number of carbonyl (C=O) groups is 1. The Morgan fingerprint density at radius 3 is 2.12 bits per heavy atom. The van der Waals surface area contributed by atoms with Gasteiger partial charge in [0.15, 0.2) is 0 Å². The summed E-state index contributed by atoms with van der Waals surface area (Å²) in [5.74, 6) is -1.06. The van der Waals surface area contributed by atoms with E-state index in [9.17, 15) is 18.3 Å². The van der Waals surface area contributed by atoms with Gasteiger partial charge < -0.3 is 5.11 Å². The monoisotopic (exact) mass is 249 g/mol. The van der Waals surface area contributed by atoms with Gasteiger partial charge in [0, 0.05) is 0 Å². The van der Waals surface area contributed by atoms with Crippen molar-refractivity contribution in [3.8, 4) is 0 Å². The summed E-state index contributed by atoms with van der Waals surface area (Å²) in [6.45, 7) is 3.08. The van der Waals surface area contributed by atoms with Crippen LogP contribution in [0.1, 0.15) is 46.0 Å². The van der Waals surface area contributed by atoms with Crippen molar-refractivity contribution >= 4 is 16.0 Å². The van der Waals surface area contributed by atoms with Gasteiger partial charge in [0.2, 0.25) is 10.0 Å². The fourth-order valence-electron chi connectivity index (χ4n) is 1.91. The third-order valence-corrected chi connectivity index (χ3v) is 4.99. The maximum absolute atomic E-state index is 11.7. The van der Waals surface area contributed by atoms with Gasteiger partial charge in [-0.1, -0.05) is 19.3 Å². The zero-order valence-corrected chi connectivity index (χ0v) is 10.5. The zero-order chi connectivity index (χ0) is 12.4. The Morgan fingerprint density at radius 1 is 1.25 bits per heavy atom. The third kappa shape index (κ3) is 2.74. The van der Waals surface area contributed by atoms with E-state index >= 15 is 0 Å². The molecule has 94 valence electrons. The largest absolute Gasteiger partial charge is 0.480 e. The second kappa shape index (κ2) is 4.71. The molecular formula is C10H19NO4S. The lowest BCUT2D eigenvalue weighted by Crippen LogP contribution is -2.56. The maximum Gasteiger partial charge on any atom is 0.324 e. The molecule has 16 heavy (non-hydrogen) atoms. The maximum atomic E-state index is 11.7. The smallest absolute Gasteiger partial charge is 0.324 e. The molecule has 0 bridgehead atoms. The number of hydrogen-bond donors (Lipinski definition) is 2. The molecule has 0 amide bonds. The van der Waals surface area contributed by atoms with Crippen LogP contribution in [0.15, 0.2) is 0 Å². The van der Waals surface area contributed by atoms with Crippen LogP contribution in [0, 0.1) is 0 Å². The number of nitrogens with one attached hydrogen (secondary N) is 1. The first-order chi connectivity index (χ1) is 7.30. The molecule has 0 heterocycles. The van der Waals surface area contributed by atoms with Crippen LogP contribution in [0.5, 0.6) is 0 Å². The van der Waals surface area contributed by atoms with E-state index in [1.54, 1.807) is 13.8 Å². The summed E-state index contributed by atoms with van der Waals surface area (Å²) in [4.78, 5) is 11.2. The van der Waals surface area contributed by atoms with E-state index < -0.39 is 26.8 Å². The Kier molecular flexibility index (Phi) is 3.96. The van der Waals surface area contributed by atoms with Crippen molar-refractivity contribution < 1.29 is 18.3 Å². The Bertz CT molecular complexity index is 355. The topological polar surface area (TPSA) is 83.5 Å². The van der Waals surface area contributed by atoms with Crippen LogP contribution in [0.2, 0.25) is 0 Å². The van der Waals surface area contributed by atoms with Gasteiger partial charge in [-0.3, -0.25) is 4.79 Å². The second-order valence-corrected chi connectivity index (χ2v) is 6.88. The number of aliphatic carboxylic acids is 1. The summed E-state index contributed by atoms with van der Waals surface area (Å²) in [5.41, 5.74) is -1.28. The van der Waals surface area contributed by atoms with E-state index in [1.165, 1.54) is 0 Å². The van der Waals surface area contributed by atoms with Crippen LogP contribution in [0.4, 0.5) is 0 Å². The summed E-state index contributed by atoms with van der Waals surface area (Å²) >= 11 is 0. The highest BCUT2D eigenvalue weighted by Crippen LogP contribution is 2.29. The molecule has 1 rings (SSSR count). The van der Waals surface area contributed by atoms with Crippen molar-refractivity contribution in [3.63, 3.8) is 0 Å². The minimum Gasteiger partial charge on any atom is -0.480 e. The molecule has 0 aromatic rings. The van der Waals surface area contributed by atoms with Crippen LogP contribution in [-0.4, -0.2) is 30.3 Å². The molecule has 0 radical (unpaired) electrons. The lowest BCUT2D eigenvalue weighted by molar-refractivity contribution is -0.145. The number of rotatable bonds is 4. The van der Waals surface area contributed by atoms with Gasteiger partial charge in [0.25, 0.3) is 0 Å². The van der Waals surface area contributed by atoms with Crippen LogP contribution in [0.3, 0.4) is 0 Å². The van der Waals surface area contributed by atoms with Gasteiger partial charge in [-0.05, 0) is 26.7 Å². The van der Waals surface area contributed by atoms with E-state index in [4.69, 9.17) is 0 Å². The first-order valence-corrected chi connectivity index (χ1v) is 7.11. The molecule has 5 nitrogen and oxygen atoms in total. The highest BCUT2D eigenvalue weighted by molar-refractivity contribution is 7.90. The standard InChI is InChI=1S/C10H19NO4S/c1-8(2)16(14,15)11-10(9(12)13)6-4-3-5-7-10/h8,11H,3-7H2,1-2H3,(H,12,13). The highest BCUT2D eigenvalue weighted by Gasteiger charge is 2.43. The molecule has 0 aliphatic heterocycles. The number of hydrogen-bond acceptors (Lipinski definition) is 3. The molecule has 1 saturated carbocycles. The Balaban J connectivity index is 2.92. The Hall–Kier alpha value is -0.620. The summed E-state index contributed by atoms with van der Waals surface area (Å²) in [7, 11) is -3.53. The van der Waals surface area contributed by atoms with Crippen molar-refractivity contribution in [1.29, 1.82) is 0 Å². The molecule has 6 heteroatoms. The summed E-state index contributed by atoms with van der Waals surface area (Å²) in [5, 5.41) is 8.60. The predicted octanol–water partition coefficient (Wildman–Crippen LogP) is 1.10. The third-order valence-electron chi connectivity index (χ3n) is 3.07. The molecule has 1 fully saturated rings. The molecule has 2 N–H and O–H groups in total. The van der Waals surface area contributed by atoms with Gasteiger partial charge in [-0.25, -0.2) is 8.42 Å². The van der Waals surface area contributed by atoms with E-state index in [1.807, 2.05) is 0 Å². The molecule has 0 unspecified atom stereocenters. The van der Waals surface area contributed by atoms with Gasteiger partial charge in [-0.15, -0.1) is 0 Å². The first-order valence-electron chi connectivity index (χ1n) is 5.56. The highest BCUT2D eigenvalue weighted by atomic mass is 32.2. The van der Waals surface area contributed by atoms with Crippen LogP contribution < -0.4 is 4.72 Å². The molecule has 0 aromatic heterocycles. The number of carboxylic acids is 1. The molecule has 0 saturated heterocycles. The van der Waals surface area contributed by atoms with Crippen molar-refractivity contribution in [3.05, 3.63) is 0 Å². The van der Waals surface area contributed by atoms with Crippen LogP contribution in [0.25, 0.3) is 0 Å². The second-order valence-electron chi connectivity index (χ2n) is 4.64. The summed E-state index contributed by atoms with van der Waals surface area (Å²) < 4.78 is 25.8. The first kappa shape index (κ1) is 13.4. The number of carboxylic acid groups (broad SMARTS) is 1. The van der Waals surface area contributed by atoms with Gasteiger partial charge in [0.1, 0.15) is 5.54 Å². The summed E-state index contributed by atoms with van der Waals surface area (Å²) in [6.07, 6.45) is 3.25. The Labute approximate surface area is 96.3 Å². The van der Waals surface area contributed by atoms with E-state index in [0.29, 0.717) is 12.8 Å². The molecule has 1 aliphatic carbocycles. The molecule has 1 aliphatic rings. The minimum absolute atomic E-state index is 0.383. The normalized spacial score (nSPS) is 20.9.